The van der Waals surface area contributed by atoms with Crippen LogP contribution in [-0.2, 0) is 0 Å². The normalized spacial score (nSPS) is 12.4. The van der Waals surface area contributed by atoms with Gasteiger partial charge in [-0.1, -0.05) is 146 Å². The third-order valence-corrected chi connectivity index (χ3v) is 13.5. The van der Waals surface area contributed by atoms with Crippen LogP contribution in [0.1, 0.15) is 0 Å². The van der Waals surface area contributed by atoms with E-state index >= 15 is 0 Å². The summed E-state index contributed by atoms with van der Waals surface area (Å²) in [5.41, 5.74) is 12.2. The molecule has 0 unspecified atom stereocenters. The number of rotatable bonds is 4. The predicted molar refractivity (Wildman–Crippen MR) is 262 cm³/mol. The molecule has 0 aliphatic rings. The van der Waals surface area contributed by atoms with Crippen LogP contribution in [0, 0.1) is 0 Å². The zero-order chi connectivity index (χ0) is 41.6. The van der Waals surface area contributed by atoms with E-state index in [1.165, 1.54) is 43.4 Å². The SMILES string of the molecule is c1ccc(-c2nc(-n3c4ccccc4c4ccccc43)nc3oc4c(-c5cccc6oc7ccc(-n8c9cccc%10c%11ccccc%11c%11cccc8c%11c%109)cc7c56)cccc4c23)cc1. The number of fused-ring (bicyclic) bond motifs is 12. The van der Waals surface area contributed by atoms with E-state index in [-0.39, 0.29) is 0 Å². The van der Waals surface area contributed by atoms with Crippen LogP contribution >= 0.6 is 0 Å². The second kappa shape index (κ2) is 12.4. The van der Waals surface area contributed by atoms with Gasteiger partial charge in [0.25, 0.3) is 0 Å². The molecule has 6 nitrogen and oxygen atoms in total. The maximum absolute atomic E-state index is 7.04. The van der Waals surface area contributed by atoms with Gasteiger partial charge in [0.1, 0.15) is 16.7 Å². The van der Waals surface area contributed by atoms with E-state index in [1.807, 2.05) is 6.07 Å². The third kappa shape index (κ3) is 4.43. The quantitative estimate of drug-likeness (QED) is 0.166. The minimum absolute atomic E-state index is 0.532. The fourth-order valence-electron chi connectivity index (χ4n) is 10.9. The molecule has 0 aliphatic carbocycles. The molecular weight excluding hydrogens is 785 g/mol. The molecule has 0 amide bonds. The molecule has 10 aromatic carbocycles. The lowest BCUT2D eigenvalue weighted by atomic mass is 9.95. The summed E-state index contributed by atoms with van der Waals surface area (Å²) in [7, 11) is 0. The number of benzene rings is 10. The van der Waals surface area contributed by atoms with Gasteiger partial charge in [0.15, 0.2) is 0 Å². The predicted octanol–water partition coefficient (Wildman–Crippen LogP) is 15.5. The minimum atomic E-state index is 0.532. The molecule has 0 N–H and O–H groups in total. The highest BCUT2D eigenvalue weighted by Crippen LogP contribution is 2.47. The summed E-state index contributed by atoms with van der Waals surface area (Å²) >= 11 is 0. The Morgan fingerprint density at radius 2 is 0.922 bits per heavy atom. The molecule has 0 saturated heterocycles. The van der Waals surface area contributed by atoms with Gasteiger partial charge in [-0.3, -0.25) is 4.57 Å². The summed E-state index contributed by atoms with van der Waals surface area (Å²) in [6, 6.07) is 68.7. The smallest absolute Gasteiger partial charge is 0.238 e. The van der Waals surface area contributed by atoms with Crippen LogP contribution in [-0.4, -0.2) is 19.1 Å². The van der Waals surface area contributed by atoms with E-state index in [2.05, 4.69) is 197 Å². The number of hydrogen-bond donors (Lipinski definition) is 0. The monoisotopic (exact) mass is 816 g/mol. The van der Waals surface area contributed by atoms with Crippen LogP contribution in [0.2, 0.25) is 0 Å². The van der Waals surface area contributed by atoms with Gasteiger partial charge in [-0.2, -0.15) is 4.98 Å². The van der Waals surface area contributed by atoms with Crippen molar-refractivity contribution in [2.45, 2.75) is 0 Å². The molecule has 0 aliphatic heterocycles. The lowest BCUT2D eigenvalue weighted by Gasteiger charge is -2.09. The Hall–Kier alpha value is -8.74. The molecule has 0 saturated carbocycles. The van der Waals surface area contributed by atoms with Gasteiger partial charge in [-0.05, 0) is 75.6 Å². The van der Waals surface area contributed by atoms with E-state index in [4.69, 9.17) is 18.8 Å². The van der Waals surface area contributed by atoms with Crippen molar-refractivity contribution in [2.75, 3.05) is 0 Å². The molecular formula is C58H32N4O2. The molecule has 0 atom stereocenters. The Balaban J connectivity index is 0.984. The lowest BCUT2D eigenvalue weighted by Crippen LogP contribution is -2.02. The average Bonchev–Trinajstić information content (AvgIpc) is 4.11. The number of hydrogen-bond acceptors (Lipinski definition) is 4. The summed E-state index contributed by atoms with van der Waals surface area (Å²) in [6.45, 7) is 0. The van der Waals surface area contributed by atoms with Gasteiger partial charge in [0.2, 0.25) is 11.7 Å². The van der Waals surface area contributed by atoms with Gasteiger partial charge < -0.3 is 13.4 Å². The molecule has 6 heteroatoms. The van der Waals surface area contributed by atoms with E-state index < -0.39 is 0 Å². The second-order valence-electron chi connectivity index (χ2n) is 16.8. The standard InChI is InChI=1S/C58H32N4O2/c1-2-14-33(15-3-1)55-54-43-24-10-23-42(56(43)64-57(54)60-58(59-55)62-45-25-8-6-18-37(45)38-19-7-9-26-46(38)62)41-22-13-29-50-51(41)44-32-34(30-31-49(44)63-50)61-47-27-11-20-39-35-16-4-5-17-36(35)40-21-12-28-48(61)53(40)52(39)47/h1-32H. The molecule has 15 rings (SSSR count). The Labute approximate surface area is 363 Å². The highest BCUT2D eigenvalue weighted by molar-refractivity contribution is 6.34. The van der Waals surface area contributed by atoms with Gasteiger partial charge in [-0.15, -0.1) is 0 Å². The van der Waals surface area contributed by atoms with E-state index in [0.29, 0.717) is 11.7 Å². The van der Waals surface area contributed by atoms with E-state index in [0.717, 1.165) is 88.2 Å². The van der Waals surface area contributed by atoms with Crippen molar-refractivity contribution in [3.8, 4) is 34.0 Å². The third-order valence-electron chi connectivity index (χ3n) is 13.5. The number of nitrogens with zero attached hydrogens (tertiary/aromatic N) is 4. The Morgan fingerprint density at radius 1 is 0.344 bits per heavy atom. The summed E-state index contributed by atoms with van der Waals surface area (Å²) < 4.78 is 18.3. The summed E-state index contributed by atoms with van der Waals surface area (Å²) in [5, 5.41) is 13.9. The molecule has 0 bridgehead atoms. The lowest BCUT2D eigenvalue weighted by molar-refractivity contribution is 0.652. The maximum atomic E-state index is 7.04. The fourth-order valence-corrected chi connectivity index (χ4v) is 10.9. The van der Waals surface area contributed by atoms with Crippen molar-refractivity contribution >= 4 is 109 Å². The first-order valence-corrected chi connectivity index (χ1v) is 21.7. The molecule has 5 heterocycles. The molecule has 0 radical (unpaired) electrons. The molecule has 15 aromatic rings. The van der Waals surface area contributed by atoms with Gasteiger partial charge in [-0.25, -0.2) is 4.98 Å². The maximum Gasteiger partial charge on any atom is 0.238 e. The first kappa shape index (κ1) is 33.9. The largest absolute Gasteiger partial charge is 0.456 e. The zero-order valence-corrected chi connectivity index (χ0v) is 34.1. The topological polar surface area (TPSA) is 61.9 Å². The first-order chi connectivity index (χ1) is 31.8. The summed E-state index contributed by atoms with van der Waals surface area (Å²) in [4.78, 5) is 10.7. The van der Waals surface area contributed by atoms with Gasteiger partial charge in [0, 0.05) is 54.5 Å². The van der Waals surface area contributed by atoms with Gasteiger partial charge in [0.05, 0.1) is 33.1 Å². The Bertz CT molecular complexity index is 4290. The second-order valence-corrected chi connectivity index (χ2v) is 16.8. The van der Waals surface area contributed by atoms with Crippen LogP contribution in [0.25, 0.3) is 143 Å². The van der Waals surface area contributed by atoms with Gasteiger partial charge >= 0.3 is 0 Å². The highest BCUT2D eigenvalue weighted by Gasteiger charge is 2.25. The van der Waals surface area contributed by atoms with Crippen LogP contribution in [0.5, 0.6) is 0 Å². The Kier molecular flexibility index (Phi) is 6.59. The molecule has 64 heavy (non-hydrogen) atoms. The summed E-state index contributed by atoms with van der Waals surface area (Å²) in [5.74, 6) is 0.559. The molecule has 5 aromatic heterocycles. The molecule has 296 valence electrons. The van der Waals surface area contributed by atoms with E-state index in [1.54, 1.807) is 0 Å². The van der Waals surface area contributed by atoms with Crippen molar-refractivity contribution < 1.29 is 8.83 Å². The molecule has 0 spiro atoms. The zero-order valence-electron chi connectivity index (χ0n) is 34.1. The fraction of sp³-hybridized carbons (Fsp3) is 0. The Morgan fingerprint density at radius 3 is 1.64 bits per heavy atom. The first-order valence-electron chi connectivity index (χ1n) is 21.7. The minimum Gasteiger partial charge on any atom is -0.456 e. The van der Waals surface area contributed by atoms with Crippen molar-refractivity contribution in [1.82, 2.24) is 19.1 Å². The van der Waals surface area contributed by atoms with Crippen molar-refractivity contribution in [1.29, 1.82) is 0 Å². The molecule has 0 fully saturated rings. The summed E-state index contributed by atoms with van der Waals surface area (Å²) in [6.07, 6.45) is 0. The number of para-hydroxylation sites is 3. The van der Waals surface area contributed by atoms with Crippen LogP contribution in [0.3, 0.4) is 0 Å². The number of aromatic nitrogens is 4. The van der Waals surface area contributed by atoms with Crippen molar-refractivity contribution in [2.24, 2.45) is 0 Å². The van der Waals surface area contributed by atoms with Crippen molar-refractivity contribution in [3.63, 3.8) is 0 Å². The van der Waals surface area contributed by atoms with Crippen LogP contribution in [0.4, 0.5) is 0 Å². The van der Waals surface area contributed by atoms with Crippen LogP contribution in [0.15, 0.2) is 203 Å². The van der Waals surface area contributed by atoms with Crippen molar-refractivity contribution in [3.05, 3.63) is 194 Å². The van der Waals surface area contributed by atoms with Crippen LogP contribution < -0.4 is 0 Å². The number of furan rings is 2. The van der Waals surface area contributed by atoms with E-state index in [9.17, 15) is 0 Å². The average molecular weight is 817 g/mol. The highest BCUT2D eigenvalue weighted by atomic mass is 16.3.